The summed E-state index contributed by atoms with van der Waals surface area (Å²) >= 11 is 3.36. The largest absolute Gasteiger partial charge is 0.323 e. The molecule has 0 unspecified atom stereocenters. The van der Waals surface area contributed by atoms with Gasteiger partial charge in [-0.1, -0.05) is 27.6 Å². The molecule has 0 radical (unpaired) electrons. The summed E-state index contributed by atoms with van der Waals surface area (Å²) in [6.45, 7) is 0. The zero-order valence-corrected chi connectivity index (χ0v) is 11.1. The summed E-state index contributed by atoms with van der Waals surface area (Å²) in [6, 6.07) is 7.33. The first-order valence-corrected chi connectivity index (χ1v) is 6.54. The van der Waals surface area contributed by atoms with Crippen LogP contribution >= 0.6 is 15.9 Å². The van der Waals surface area contributed by atoms with E-state index in [-0.39, 0.29) is 6.03 Å². The van der Waals surface area contributed by atoms with Gasteiger partial charge in [-0.05, 0) is 43.9 Å². The number of hydrogen-bond donors (Lipinski definition) is 2. The van der Waals surface area contributed by atoms with Gasteiger partial charge in [0.25, 0.3) is 0 Å². The Kier molecular flexibility index (Phi) is 4.20. The Balaban J connectivity index is 1.86. The fourth-order valence-electron chi connectivity index (χ4n) is 1.87. The van der Waals surface area contributed by atoms with Crippen LogP contribution in [0.5, 0.6) is 0 Å². The number of hydrogen-bond acceptors (Lipinski definition) is 1. The van der Waals surface area contributed by atoms with E-state index in [0.717, 1.165) is 23.0 Å². The topological polar surface area (TPSA) is 41.1 Å². The maximum Gasteiger partial charge on any atom is 0.323 e. The van der Waals surface area contributed by atoms with Gasteiger partial charge in [0.2, 0.25) is 0 Å². The molecular formula is C13H15BrN2O. The molecule has 1 saturated carbocycles. The molecule has 0 saturated heterocycles. The highest BCUT2D eigenvalue weighted by Gasteiger charge is 2.06. The van der Waals surface area contributed by atoms with Crippen LogP contribution in [0.25, 0.3) is 0 Å². The Morgan fingerprint density at radius 3 is 2.76 bits per heavy atom. The normalized spacial score (nSPS) is 14.5. The third-order valence-corrected chi connectivity index (χ3v) is 3.23. The van der Waals surface area contributed by atoms with Crippen LogP contribution in [-0.2, 0) is 0 Å². The van der Waals surface area contributed by atoms with E-state index < -0.39 is 0 Å². The summed E-state index contributed by atoms with van der Waals surface area (Å²) in [5.41, 5.74) is 2.11. The smallest absolute Gasteiger partial charge is 0.314 e. The van der Waals surface area contributed by atoms with E-state index in [4.69, 9.17) is 0 Å². The lowest BCUT2D eigenvalue weighted by molar-refractivity contribution is 0.255. The van der Waals surface area contributed by atoms with Gasteiger partial charge in [0, 0.05) is 16.4 Å². The molecule has 0 atom stereocenters. The van der Waals surface area contributed by atoms with Crippen molar-refractivity contribution in [1.29, 1.82) is 0 Å². The molecule has 1 aliphatic carbocycles. The molecule has 17 heavy (non-hydrogen) atoms. The first-order chi connectivity index (χ1) is 8.24. The van der Waals surface area contributed by atoms with Gasteiger partial charge in [-0.2, -0.15) is 0 Å². The van der Waals surface area contributed by atoms with Crippen LogP contribution in [0.4, 0.5) is 10.5 Å². The van der Waals surface area contributed by atoms with Crippen LogP contribution in [0.3, 0.4) is 0 Å². The summed E-state index contributed by atoms with van der Waals surface area (Å²) in [5.74, 6) is 0. The van der Waals surface area contributed by atoms with Crippen molar-refractivity contribution in [2.45, 2.75) is 25.7 Å². The van der Waals surface area contributed by atoms with Gasteiger partial charge < -0.3 is 10.6 Å². The zero-order valence-electron chi connectivity index (χ0n) is 9.50. The third kappa shape index (κ3) is 3.89. The average Bonchev–Trinajstić information content (AvgIpc) is 2.79. The van der Waals surface area contributed by atoms with Gasteiger partial charge >= 0.3 is 6.03 Å². The van der Waals surface area contributed by atoms with Crippen LogP contribution in [0.2, 0.25) is 0 Å². The first kappa shape index (κ1) is 12.2. The SMILES string of the molecule is O=C(NC=C1CCCC1)Nc1cccc(Br)c1. The Morgan fingerprint density at radius 1 is 1.29 bits per heavy atom. The van der Waals surface area contributed by atoms with Crippen molar-refractivity contribution >= 4 is 27.6 Å². The number of anilines is 1. The van der Waals surface area contributed by atoms with Gasteiger partial charge in [-0.15, -0.1) is 0 Å². The molecule has 1 aromatic rings. The second kappa shape index (κ2) is 5.87. The number of rotatable bonds is 2. The molecule has 1 aliphatic rings. The summed E-state index contributed by atoms with van der Waals surface area (Å²) in [7, 11) is 0. The van der Waals surface area contributed by atoms with Crippen molar-refractivity contribution < 1.29 is 4.79 Å². The predicted octanol–water partition coefficient (Wildman–Crippen LogP) is 4.03. The molecule has 90 valence electrons. The average molecular weight is 295 g/mol. The molecule has 2 rings (SSSR count). The molecule has 0 aromatic heterocycles. The van der Waals surface area contributed by atoms with Crippen molar-refractivity contribution in [3.05, 3.63) is 40.5 Å². The van der Waals surface area contributed by atoms with Crippen LogP contribution in [-0.4, -0.2) is 6.03 Å². The van der Waals surface area contributed by atoms with E-state index in [1.54, 1.807) is 0 Å². The number of nitrogens with one attached hydrogen (secondary N) is 2. The molecular weight excluding hydrogens is 280 g/mol. The van der Waals surface area contributed by atoms with E-state index in [2.05, 4.69) is 26.6 Å². The summed E-state index contributed by atoms with van der Waals surface area (Å²) in [5, 5.41) is 5.55. The maximum atomic E-state index is 11.6. The lowest BCUT2D eigenvalue weighted by Gasteiger charge is -2.05. The second-order valence-electron chi connectivity index (χ2n) is 4.12. The minimum atomic E-state index is -0.192. The quantitative estimate of drug-likeness (QED) is 0.849. The Labute approximate surface area is 109 Å². The number of benzene rings is 1. The van der Waals surface area contributed by atoms with Gasteiger partial charge in [-0.3, -0.25) is 0 Å². The van der Waals surface area contributed by atoms with E-state index in [1.165, 1.54) is 18.4 Å². The molecule has 0 aliphatic heterocycles. The summed E-state index contributed by atoms with van der Waals surface area (Å²) in [6.07, 6.45) is 6.52. The minimum absolute atomic E-state index is 0.192. The van der Waals surface area contributed by atoms with E-state index in [0.29, 0.717) is 0 Å². The van der Waals surface area contributed by atoms with Crippen LogP contribution in [0.1, 0.15) is 25.7 Å². The molecule has 0 bridgehead atoms. The molecule has 0 spiro atoms. The third-order valence-electron chi connectivity index (χ3n) is 2.74. The number of urea groups is 1. The lowest BCUT2D eigenvalue weighted by atomic mass is 10.2. The van der Waals surface area contributed by atoms with Crippen LogP contribution in [0.15, 0.2) is 40.5 Å². The number of amides is 2. The Morgan fingerprint density at radius 2 is 2.06 bits per heavy atom. The van der Waals surface area contributed by atoms with Gasteiger partial charge in [0.15, 0.2) is 0 Å². The predicted molar refractivity (Wildman–Crippen MR) is 72.8 cm³/mol. The van der Waals surface area contributed by atoms with Gasteiger partial charge in [-0.25, -0.2) is 4.79 Å². The molecule has 3 nitrogen and oxygen atoms in total. The van der Waals surface area contributed by atoms with Crippen molar-refractivity contribution in [2.75, 3.05) is 5.32 Å². The van der Waals surface area contributed by atoms with E-state index >= 15 is 0 Å². The van der Waals surface area contributed by atoms with Gasteiger partial charge in [0.1, 0.15) is 0 Å². The minimum Gasteiger partial charge on any atom is -0.314 e. The highest BCUT2D eigenvalue weighted by Crippen LogP contribution is 2.22. The number of carbonyl (C=O) groups is 1. The standard InChI is InChI=1S/C13H15BrN2O/c14-11-6-3-7-12(8-11)16-13(17)15-9-10-4-1-2-5-10/h3,6-9H,1-2,4-5H2,(H2,15,16,17). The fourth-order valence-corrected chi connectivity index (χ4v) is 2.27. The molecule has 2 amide bonds. The van der Waals surface area contributed by atoms with Crippen molar-refractivity contribution in [1.82, 2.24) is 5.32 Å². The molecule has 2 N–H and O–H groups in total. The molecule has 4 heteroatoms. The van der Waals surface area contributed by atoms with Crippen molar-refractivity contribution in [3.8, 4) is 0 Å². The molecule has 0 heterocycles. The molecule has 1 fully saturated rings. The first-order valence-electron chi connectivity index (χ1n) is 5.75. The zero-order chi connectivity index (χ0) is 12.1. The summed E-state index contributed by atoms with van der Waals surface area (Å²) < 4.78 is 0.949. The van der Waals surface area contributed by atoms with Gasteiger partial charge in [0.05, 0.1) is 0 Å². The van der Waals surface area contributed by atoms with Crippen LogP contribution < -0.4 is 10.6 Å². The second-order valence-corrected chi connectivity index (χ2v) is 5.03. The van der Waals surface area contributed by atoms with Crippen molar-refractivity contribution in [3.63, 3.8) is 0 Å². The van der Waals surface area contributed by atoms with Crippen molar-refractivity contribution in [2.24, 2.45) is 0 Å². The van der Waals surface area contributed by atoms with E-state index in [9.17, 15) is 4.79 Å². The van der Waals surface area contributed by atoms with E-state index in [1.807, 2.05) is 30.5 Å². The summed E-state index contributed by atoms with van der Waals surface area (Å²) in [4.78, 5) is 11.6. The maximum absolute atomic E-state index is 11.6. The Hall–Kier alpha value is -1.29. The Bertz CT molecular complexity index is 435. The fraction of sp³-hybridized carbons (Fsp3) is 0.308. The number of carbonyl (C=O) groups excluding carboxylic acids is 1. The lowest BCUT2D eigenvalue weighted by Crippen LogP contribution is -2.24. The highest BCUT2D eigenvalue weighted by molar-refractivity contribution is 9.10. The molecule has 1 aromatic carbocycles. The van der Waals surface area contributed by atoms with Crippen LogP contribution in [0, 0.1) is 0 Å². The number of allylic oxidation sites excluding steroid dienone is 1. The highest BCUT2D eigenvalue weighted by atomic mass is 79.9. The monoisotopic (exact) mass is 294 g/mol. The number of halogens is 1.